The molecule has 2 fully saturated rings. The predicted octanol–water partition coefficient (Wildman–Crippen LogP) is 2.16. The minimum absolute atomic E-state index is 0.0336. The van der Waals surface area contributed by atoms with E-state index >= 15 is 0 Å². The van der Waals surface area contributed by atoms with Gasteiger partial charge in [-0.25, -0.2) is 13.6 Å². The molecular formula is C21H33F2N3O5. The van der Waals surface area contributed by atoms with Gasteiger partial charge in [-0.1, -0.05) is 13.8 Å². The van der Waals surface area contributed by atoms with Gasteiger partial charge in [0.15, 0.2) is 0 Å². The molecule has 1 saturated heterocycles. The van der Waals surface area contributed by atoms with Crippen LogP contribution in [0.1, 0.15) is 61.5 Å². The Morgan fingerprint density at radius 3 is 2.52 bits per heavy atom. The van der Waals surface area contributed by atoms with Gasteiger partial charge in [-0.2, -0.15) is 0 Å². The highest BCUT2D eigenvalue weighted by atomic mass is 19.3. The third-order valence-electron chi connectivity index (χ3n) is 5.54. The fourth-order valence-electron chi connectivity index (χ4n) is 3.78. The summed E-state index contributed by atoms with van der Waals surface area (Å²) < 4.78 is 47.6. The molecule has 0 aromatic heterocycles. The summed E-state index contributed by atoms with van der Waals surface area (Å²) in [7, 11) is 0. The third-order valence-corrected chi connectivity index (χ3v) is 5.54. The Kier molecular flexibility index (Phi) is 8.06. The molecule has 0 aromatic carbocycles. The minimum Gasteiger partial charge on any atom is -0.449 e. The zero-order chi connectivity index (χ0) is 24.8. The molecule has 0 aromatic rings. The lowest BCUT2D eigenvalue weighted by Crippen LogP contribution is -2.51. The number of carbonyl (C=O) groups excluding carboxylic acids is 4. The number of rotatable bonds is 10. The van der Waals surface area contributed by atoms with E-state index < -0.39 is 61.2 Å². The average molecular weight is 448 g/mol. The Labute approximate surface area is 184 Å². The summed E-state index contributed by atoms with van der Waals surface area (Å²) >= 11 is 0. The number of ether oxygens (including phenoxy) is 1. The SMILES string of the molecule is [2H]C([2H])(OC(=O)N[C@@H](CC(C)C)C(=O)N[C@H](C=O)C[C@@H]1CCNC1=O)C1CCC(F)(F)CC1. The Morgan fingerprint density at radius 1 is 1.29 bits per heavy atom. The lowest BCUT2D eigenvalue weighted by molar-refractivity contribution is -0.127. The Bertz CT molecular complexity index is 729. The van der Waals surface area contributed by atoms with Crippen molar-refractivity contribution in [1.29, 1.82) is 0 Å². The highest BCUT2D eigenvalue weighted by molar-refractivity contribution is 5.88. The molecule has 3 N–H and O–H groups in total. The maximum Gasteiger partial charge on any atom is 0.407 e. The fraction of sp³-hybridized carbons (Fsp3) is 0.810. The number of halogens is 2. The number of hydrogen-bond acceptors (Lipinski definition) is 5. The van der Waals surface area contributed by atoms with E-state index in [9.17, 15) is 28.0 Å². The van der Waals surface area contributed by atoms with Gasteiger partial charge in [-0.05, 0) is 43.9 Å². The molecule has 176 valence electrons. The van der Waals surface area contributed by atoms with Crippen LogP contribution in [0.4, 0.5) is 13.6 Å². The monoisotopic (exact) mass is 447 g/mol. The molecule has 8 nitrogen and oxygen atoms in total. The molecule has 1 saturated carbocycles. The first-order valence-corrected chi connectivity index (χ1v) is 10.7. The van der Waals surface area contributed by atoms with Crippen molar-refractivity contribution in [3.05, 3.63) is 0 Å². The second-order valence-electron chi connectivity index (χ2n) is 8.73. The van der Waals surface area contributed by atoms with Crippen LogP contribution >= 0.6 is 0 Å². The van der Waals surface area contributed by atoms with Crippen molar-refractivity contribution in [2.75, 3.05) is 13.1 Å². The lowest BCUT2D eigenvalue weighted by atomic mass is 9.87. The first kappa shape index (κ1) is 22.0. The van der Waals surface area contributed by atoms with Crippen molar-refractivity contribution in [1.82, 2.24) is 16.0 Å². The van der Waals surface area contributed by atoms with Crippen LogP contribution in [0, 0.1) is 17.8 Å². The van der Waals surface area contributed by atoms with E-state index in [1.54, 1.807) is 0 Å². The van der Waals surface area contributed by atoms with E-state index in [-0.39, 0.29) is 37.5 Å². The summed E-state index contributed by atoms with van der Waals surface area (Å²) in [6.45, 7) is 1.66. The lowest BCUT2D eigenvalue weighted by Gasteiger charge is -2.28. The Hall–Kier alpha value is -2.26. The number of carbonyl (C=O) groups is 4. The molecule has 1 heterocycles. The van der Waals surface area contributed by atoms with Crippen LogP contribution in [0.25, 0.3) is 0 Å². The van der Waals surface area contributed by atoms with Crippen molar-refractivity contribution in [3.63, 3.8) is 0 Å². The topological polar surface area (TPSA) is 114 Å². The summed E-state index contributed by atoms with van der Waals surface area (Å²) in [4.78, 5) is 48.3. The van der Waals surface area contributed by atoms with Gasteiger partial charge in [0.05, 0.1) is 15.3 Å². The Balaban J connectivity index is 1.96. The van der Waals surface area contributed by atoms with E-state index in [0.29, 0.717) is 19.3 Å². The highest BCUT2D eigenvalue weighted by Crippen LogP contribution is 2.36. The number of hydrogen-bond donors (Lipinski definition) is 3. The predicted molar refractivity (Wildman–Crippen MR) is 108 cm³/mol. The average Bonchev–Trinajstić information content (AvgIpc) is 3.10. The molecule has 10 heteroatoms. The molecule has 1 aliphatic carbocycles. The zero-order valence-electron chi connectivity index (χ0n) is 19.9. The molecule has 2 aliphatic rings. The fourth-order valence-corrected chi connectivity index (χ4v) is 3.78. The minimum atomic E-state index is -2.84. The summed E-state index contributed by atoms with van der Waals surface area (Å²) in [6, 6.07) is -2.03. The van der Waals surface area contributed by atoms with E-state index in [2.05, 4.69) is 16.0 Å². The number of alkyl halides is 2. The largest absolute Gasteiger partial charge is 0.449 e. The molecule has 0 spiro atoms. The number of aldehydes is 1. The molecule has 2 rings (SSSR count). The van der Waals surface area contributed by atoms with Gasteiger partial charge in [0, 0.05) is 25.3 Å². The standard InChI is InChI=1S/C21H33F2N3O5/c1-13(2)9-17(19(29)25-16(11-27)10-15-5-8-24-18(15)28)26-20(30)31-12-14-3-6-21(22,23)7-4-14/h11,13-17H,3-10,12H2,1-2H3,(H,24,28)(H,25,29)(H,26,30)/t15-,16-,17-/m0/s1/i12D2. The van der Waals surface area contributed by atoms with Gasteiger partial charge in [-0.15, -0.1) is 0 Å². The van der Waals surface area contributed by atoms with Crippen molar-refractivity contribution >= 4 is 24.2 Å². The quantitative estimate of drug-likeness (QED) is 0.444. The first-order chi connectivity index (χ1) is 15.3. The first-order valence-electron chi connectivity index (χ1n) is 11.7. The number of nitrogens with one attached hydrogen (secondary N) is 3. The summed E-state index contributed by atoms with van der Waals surface area (Å²) in [6.07, 6.45) is -0.982. The van der Waals surface area contributed by atoms with Gasteiger partial charge in [0.1, 0.15) is 12.3 Å². The van der Waals surface area contributed by atoms with Crippen LogP contribution < -0.4 is 16.0 Å². The van der Waals surface area contributed by atoms with E-state index in [1.807, 2.05) is 13.8 Å². The zero-order valence-corrected chi connectivity index (χ0v) is 17.9. The van der Waals surface area contributed by atoms with Crippen LogP contribution in [-0.4, -0.2) is 55.3 Å². The second-order valence-corrected chi connectivity index (χ2v) is 8.73. The van der Waals surface area contributed by atoms with Crippen LogP contribution in [0.5, 0.6) is 0 Å². The van der Waals surface area contributed by atoms with Gasteiger partial charge < -0.3 is 25.5 Å². The molecule has 0 unspecified atom stereocenters. The molecular weight excluding hydrogens is 412 g/mol. The smallest absolute Gasteiger partial charge is 0.407 e. The molecule has 3 atom stereocenters. The van der Waals surface area contributed by atoms with Crippen LogP contribution in [0.15, 0.2) is 0 Å². The van der Waals surface area contributed by atoms with Crippen molar-refractivity contribution in [3.8, 4) is 0 Å². The maximum absolute atomic E-state index is 13.4. The highest BCUT2D eigenvalue weighted by Gasteiger charge is 2.35. The van der Waals surface area contributed by atoms with Crippen molar-refractivity contribution in [2.24, 2.45) is 17.8 Å². The van der Waals surface area contributed by atoms with Gasteiger partial charge in [0.25, 0.3) is 0 Å². The van der Waals surface area contributed by atoms with E-state index in [1.165, 1.54) is 0 Å². The summed E-state index contributed by atoms with van der Waals surface area (Å²) in [5, 5.41) is 7.52. The Morgan fingerprint density at radius 2 is 1.97 bits per heavy atom. The molecule has 31 heavy (non-hydrogen) atoms. The van der Waals surface area contributed by atoms with Crippen LogP contribution in [-0.2, 0) is 19.1 Å². The number of alkyl carbamates (subject to hydrolysis) is 1. The van der Waals surface area contributed by atoms with Crippen LogP contribution in [0.2, 0.25) is 0 Å². The molecule has 3 amide bonds. The summed E-state index contributed by atoms with van der Waals surface area (Å²) in [5.41, 5.74) is 0. The second kappa shape index (κ2) is 11.4. The maximum atomic E-state index is 13.4. The molecule has 0 radical (unpaired) electrons. The van der Waals surface area contributed by atoms with Gasteiger partial charge in [-0.3, -0.25) is 9.59 Å². The van der Waals surface area contributed by atoms with Gasteiger partial charge >= 0.3 is 6.09 Å². The summed E-state index contributed by atoms with van der Waals surface area (Å²) in [5.74, 6) is -4.99. The number of amides is 3. The van der Waals surface area contributed by atoms with Gasteiger partial charge in [0.2, 0.25) is 17.7 Å². The van der Waals surface area contributed by atoms with E-state index in [0.717, 1.165) is 0 Å². The normalized spacial score (nSPS) is 24.4. The van der Waals surface area contributed by atoms with E-state index in [4.69, 9.17) is 7.48 Å². The van der Waals surface area contributed by atoms with Crippen molar-refractivity contribution < 1.29 is 35.4 Å². The van der Waals surface area contributed by atoms with Crippen molar-refractivity contribution in [2.45, 2.75) is 76.8 Å². The third kappa shape index (κ3) is 8.41. The molecule has 1 aliphatic heterocycles. The molecule has 0 bridgehead atoms. The van der Waals surface area contributed by atoms with Crippen LogP contribution in [0.3, 0.4) is 0 Å².